The molecule has 0 unspecified atom stereocenters. The Kier molecular flexibility index (Phi) is 4.15. The van der Waals surface area contributed by atoms with Crippen LogP contribution in [0.4, 0.5) is 5.69 Å². The van der Waals surface area contributed by atoms with Gasteiger partial charge in [0.05, 0.1) is 18.7 Å². The molecule has 29 heavy (non-hydrogen) atoms. The Labute approximate surface area is 170 Å². The third kappa shape index (κ3) is 2.90. The van der Waals surface area contributed by atoms with E-state index in [1.807, 2.05) is 23.6 Å². The van der Waals surface area contributed by atoms with Crippen LogP contribution >= 0.6 is 11.3 Å². The number of amides is 1. The standard InChI is InChI=1S/C22H17NO5S/c24-18(14-7-8-19-20(10-14)28-13-27-19)11-22(26)16-5-1-2-6-17(16)23(21(22)25)12-15-4-3-9-29-15/h1-10,26H,11-13H2/t22-/m0/s1. The zero-order chi connectivity index (χ0) is 20.0. The van der Waals surface area contributed by atoms with Gasteiger partial charge in [-0.25, -0.2) is 0 Å². The van der Waals surface area contributed by atoms with E-state index < -0.39 is 11.5 Å². The topological polar surface area (TPSA) is 76.1 Å². The summed E-state index contributed by atoms with van der Waals surface area (Å²) in [6.07, 6.45) is -0.344. The van der Waals surface area contributed by atoms with Crippen molar-refractivity contribution in [3.8, 4) is 11.5 Å². The molecule has 1 amide bonds. The van der Waals surface area contributed by atoms with Crippen LogP contribution in [-0.2, 0) is 16.9 Å². The lowest BCUT2D eigenvalue weighted by Gasteiger charge is -2.22. The zero-order valence-corrected chi connectivity index (χ0v) is 16.1. The molecule has 3 aromatic rings. The molecule has 1 aromatic heterocycles. The molecule has 0 saturated carbocycles. The van der Waals surface area contributed by atoms with Gasteiger partial charge < -0.3 is 19.5 Å². The van der Waals surface area contributed by atoms with Crippen molar-refractivity contribution in [1.82, 2.24) is 0 Å². The van der Waals surface area contributed by atoms with Gasteiger partial charge >= 0.3 is 0 Å². The molecule has 0 bridgehead atoms. The first-order chi connectivity index (χ1) is 14.1. The van der Waals surface area contributed by atoms with Crippen molar-refractivity contribution < 1.29 is 24.2 Å². The number of rotatable bonds is 5. The highest BCUT2D eigenvalue weighted by atomic mass is 32.1. The van der Waals surface area contributed by atoms with E-state index in [-0.39, 0.29) is 19.0 Å². The van der Waals surface area contributed by atoms with E-state index in [2.05, 4.69) is 0 Å². The normalized spacial score (nSPS) is 19.5. The van der Waals surface area contributed by atoms with Crippen LogP contribution in [0, 0.1) is 0 Å². The van der Waals surface area contributed by atoms with E-state index in [1.54, 1.807) is 52.6 Å². The van der Waals surface area contributed by atoms with Gasteiger partial charge in [0.1, 0.15) is 0 Å². The molecule has 5 rings (SSSR count). The predicted molar refractivity (Wildman–Crippen MR) is 107 cm³/mol. The number of Topliss-reactive ketones (excluding diaryl/α,β-unsaturated/α-hetero) is 1. The molecule has 0 radical (unpaired) electrons. The van der Waals surface area contributed by atoms with E-state index in [0.29, 0.717) is 34.9 Å². The summed E-state index contributed by atoms with van der Waals surface area (Å²) in [4.78, 5) is 28.8. The number of anilines is 1. The molecule has 1 atom stereocenters. The number of aliphatic hydroxyl groups is 1. The van der Waals surface area contributed by atoms with Crippen LogP contribution in [0.5, 0.6) is 11.5 Å². The Bertz CT molecular complexity index is 1110. The summed E-state index contributed by atoms with van der Waals surface area (Å²) in [5.74, 6) is 0.234. The monoisotopic (exact) mass is 407 g/mol. The third-order valence-electron chi connectivity index (χ3n) is 5.24. The second kappa shape index (κ2) is 6.72. The molecule has 3 heterocycles. The molecule has 0 spiro atoms. The lowest BCUT2D eigenvalue weighted by atomic mass is 9.88. The first-order valence-corrected chi connectivity index (χ1v) is 10.0. The number of ether oxygens (including phenoxy) is 2. The first-order valence-electron chi connectivity index (χ1n) is 9.15. The summed E-state index contributed by atoms with van der Waals surface area (Å²) in [6, 6.07) is 15.8. The zero-order valence-electron chi connectivity index (χ0n) is 15.3. The Morgan fingerprint density at radius 2 is 1.93 bits per heavy atom. The summed E-state index contributed by atoms with van der Waals surface area (Å²) in [5, 5.41) is 13.3. The molecule has 146 valence electrons. The van der Waals surface area contributed by atoms with Gasteiger partial charge in [0, 0.05) is 16.0 Å². The molecule has 2 aliphatic rings. The predicted octanol–water partition coefficient (Wildman–Crippen LogP) is 3.48. The third-order valence-corrected chi connectivity index (χ3v) is 6.11. The van der Waals surface area contributed by atoms with Gasteiger partial charge in [-0.15, -0.1) is 11.3 Å². The maximum absolute atomic E-state index is 13.2. The number of hydrogen-bond acceptors (Lipinski definition) is 6. The Balaban J connectivity index is 1.47. The molecule has 2 aromatic carbocycles. The summed E-state index contributed by atoms with van der Waals surface area (Å²) in [6.45, 7) is 0.467. The minimum atomic E-state index is -1.90. The van der Waals surface area contributed by atoms with Crippen LogP contribution in [0.25, 0.3) is 0 Å². The maximum atomic E-state index is 13.2. The summed E-state index contributed by atoms with van der Waals surface area (Å²) >= 11 is 1.54. The van der Waals surface area contributed by atoms with Gasteiger partial charge in [-0.2, -0.15) is 0 Å². The average Bonchev–Trinajstić information content (AvgIpc) is 3.45. The van der Waals surface area contributed by atoms with Crippen LogP contribution in [0.15, 0.2) is 60.0 Å². The molecule has 7 heteroatoms. The number of thiophene rings is 1. The van der Waals surface area contributed by atoms with E-state index in [4.69, 9.17) is 9.47 Å². The Hall–Kier alpha value is -3.16. The van der Waals surface area contributed by atoms with E-state index in [0.717, 1.165) is 4.88 Å². The van der Waals surface area contributed by atoms with Gasteiger partial charge in [0.25, 0.3) is 5.91 Å². The SMILES string of the molecule is O=C(C[C@@]1(O)C(=O)N(Cc2cccs2)c2ccccc21)c1ccc2c(c1)OCO2. The smallest absolute Gasteiger partial charge is 0.264 e. The highest BCUT2D eigenvalue weighted by Crippen LogP contribution is 2.44. The molecule has 0 aliphatic carbocycles. The lowest BCUT2D eigenvalue weighted by molar-refractivity contribution is -0.136. The highest BCUT2D eigenvalue weighted by Gasteiger charge is 2.50. The van der Waals surface area contributed by atoms with Gasteiger partial charge in [-0.3, -0.25) is 9.59 Å². The largest absolute Gasteiger partial charge is 0.454 e. The molecular formula is C22H17NO5S. The van der Waals surface area contributed by atoms with Crippen molar-refractivity contribution >= 4 is 28.7 Å². The summed E-state index contributed by atoms with van der Waals surface area (Å²) < 4.78 is 10.6. The number of carbonyl (C=O) groups excluding carboxylic acids is 2. The second-order valence-electron chi connectivity index (χ2n) is 7.02. The minimum absolute atomic E-state index is 0.112. The van der Waals surface area contributed by atoms with Crippen molar-refractivity contribution in [2.75, 3.05) is 11.7 Å². The summed E-state index contributed by atoms with van der Waals surface area (Å²) in [5.41, 5.74) is -0.450. The average molecular weight is 407 g/mol. The second-order valence-corrected chi connectivity index (χ2v) is 8.05. The van der Waals surface area contributed by atoms with Gasteiger partial charge in [0.2, 0.25) is 6.79 Å². The van der Waals surface area contributed by atoms with Crippen molar-refractivity contribution in [2.24, 2.45) is 0 Å². The molecule has 0 saturated heterocycles. The number of ketones is 1. The number of para-hydroxylation sites is 1. The molecule has 1 N–H and O–H groups in total. The van der Waals surface area contributed by atoms with Crippen molar-refractivity contribution in [3.63, 3.8) is 0 Å². The number of fused-ring (bicyclic) bond motifs is 2. The van der Waals surface area contributed by atoms with E-state index >= 15 is 0 Å². The van der Waals surface area contributed by atoms with E-state index in [1.165, 1.54) is 0 Å². The fourth-order valence-electron chi connectivity index (χ4n) is 3.80. The number of carbonyl (C=O) groups is 2. The fraction of sp³-hybridized carbons (Fsp3) is 0.182. The van der Waals surface area contributed by atoms with Crippen molar-refractivity contribution in [1.29, 1.82) is 0 Å². The minimum Gasteiger partial charge on any atom is -0.454 e. The molecular weight excluding hydrogens is 390 g/mol. The summed E-state index contributed by atoms with van der Waals surface area (Å²) in [7, 11) is 0. The first kappa shape index (κ1) is 17.9. The van der Waals surface area contributed by atoms with Crippen molar-refractivity contribution in [3.05, 3.63) is 76.0 Å². The number of benzene rings is 2. The van der Waals surface area contributed by atoms with Gasteiger partial charge in [0.15, 0.2) is 22.9 Å². The highest BCUT2D eigenvalue weighted by molar-refractivity contribution is 7.09. The maximum Gasteiger partial charge on any atom is 0.264 e. The van der Waals surface area contributed by atoms with Crippen LogP contribution in [0.2, 0.25) is 0 Å². The Morgan fingerprint density at radius 3 is 2.76 bits per heavy atom. The van der Waals surface area contributed by atoms with Crippen LogP contribution in [0.1, 0.15) is 27.2 Å². The number of nitrogens with zero attached hydrogens (tertiary/aromatic N) is 1. The van der Waals surface area contributed by atoms with Crippen molar-refractivity contribution in [2.45, 2.75) is 18.6 Å². The van der Waals surface area contributed by atoms with Crippen LogP contribution < -0.4 is 14.4 Å². The van der Waals surface area contributed by atoms with Crippen LogP contribution in [-0.4, -0.2) is 23.6 Å². The lowest BCUT2D eigenvalue weighted by Crippen LogP contribution is -2.41. The molecule has 6 nitrogen and oxygen atoms in total. The molecule has 2 aliphatic heterocycles. The van der Waals surface area contributed by atoms with E-state index in [9.17, 15) is 14.7 Å². The fourth-order valence-corrected chi connectivity index (χ4v) is 4.49. The Morgan fingerprint density at radius 1 is 1.10 bits per heavy atom. The van der Waals surface area contributed by atoms with Crippen LogP contribution in [0.3, 0.4) is 0 Å². The number of hydrogen-bond donors (Lipinski definition) is 1. The quantitative estimate of drug-likeness (QED) is 0.656. The van der Waals surface area contributed by atoms with Gasteiger partial charge in [-0.1, -0.05) is 24.3 Å². The molecule has 0 fully saturated rings. The van der Waals surface area contributed by atoms with Gasteiger partial charge in [-0.05, 0) is 35.7 Å².